The number of benzene rings is 1. The monoisotopic (exact) mass is 458 g/mol. The van der Waals surface area contributed by atoms with E-state index >= 15 is 0 Å². The second kappa shape index (κ2) is 8.34. The summed E-state index contributed by atoms with van der Waals surface area (Å²) in [6.07, 6.45) is 4.52. The molecule has 32 heavy (non-hydrogen) atoms. The van der Waals surface area contributed by atoms with Crippen LogP contribution in [-0.4, -0.2) is 60.9 Å². The molecule has 2 aliphatic heterocycles. The Morgan fingerprint density at radius 2 is 2.00 bits per heavy atom. The summed E-state index contributed by atoms with van der Waals surface area (Å²) in [7, 11) is 0. The summed E-state index contributed by atoms with van der Waals surface area (Å²) in [6.45, 7) is 10.8. The molecule has 0 unspecified atom stereocenters. The Morgan fingerprint density at radius 1 is 1.25 bits per heavy atom. The average Bonchev–Trinajstić information content (AvgIpc) is 3.08. The number of fused-ring (bicyclic) bond motifs is 2. The molecule has 1 N–H and O–H groups in total. The lowest BCUT2D eigenvalue weighted by molar-refractivity contribution is -0.145. The smallest absolute Gasteiger partial charge is 0.311 e. The highest BCUT2D eigenvalue weighted by atomic mass is 35.5. The van der Waals surface area contributed by atoms with Crippen molar-refractivity contribution in [1.29, 1.82) is 0 Å². The molecule has 6 heteroatoms. The van der Waals surface area contributed by atoms with Crippen molar-refractivity contribution in [3.63, 3.8) is 0 Å². The number of carbonyl (C=O) groups is 1. The van der Waals surface area contributed by atoms with Gasteiger partial charge in [0, 0.05) is 61.2 Å². The molecule has 2 heterocycles. The number of aryl methyl sites for hydroxylation is 1. The molecule has 2 aliphatic carbocycles. The van der Waals surface area contributed by atoms with E-state index in [-0.39, 0.29) is 29.3 Å². The predicted molar refractivity (Wildman–Crippen MR) is 127 cm³/mol. The molecule has 5 nitrogen and oxygen atoms in total. The topological polar surface area (TPSA) is 53.0 Å². The van der Waals surface area contributed by atoms with E-state index in [1.165, 1.54) is 16.8 Å². The zero-order chi connectivity index (χ0) is 22.6. The number of aliphatic hydroxyl groups excluding tert-OH is 1. The summed E-state index contributed by atoms with van der Waals surface area (Å²) in [5, 5.41) is 12.3. The SMILES string of the molecule is Cc1ccc(Cl)cc1N1CCN(C[C@H]2C(=O)O[C@@H]3CC4=CCC[C@H](C)[C@@]4(C)[C@@H](O)[C@H]32)CC1. The highest BCUT2D eigenvalue weighted by Gasteiger charge is 2.59. The molecule has 174 valence electrons. The van der Waals surface area contributed by atoms with Crippen LogP contribution in [-0.2, 0) is 9.53 Å². The van der Waals surface area contributed by atoms with Crippen molar-refractivity contribution in [2.24, 2.45) is 23.2 Å². The Morgan fingerprint density at radius 3 is 2.75 bits per heavy atom. The second-order valence-corrected chi connectivity index (χ2v) is 11.0. The summed E-state index contributed by atoms with van der Waals surface area (Å²) in [5.74, 6) is -0.0673. The number of rotatable bonds is 3. The molecule has 0 spiro atoms. The van der Waals surface area contributed by atoms with Gasteiger partial charge >= 0.3 is 5.97 Å². The van der Waals surface area contributed by atoms with Gasteiger partial charge in [-0.05, 0) is 43.4 Å². The van der Waals surface area contributed by atoms with Gasteiger partial charge in [0.05, 0.1) is 12.0 Å². The Balaban J connectivity index is 1.28. The van der Waals surface area contributed by atoms with Crippen LogP contribution in [0.3, 0.4) is 0 Å². The zero-order valence-corrected chi connectivity index (χ0v) is 20.1. The minimum absolute atomic E-state index is 0.113. The van der Waals surface area contributed by atoms with Gasteiger partial charge in [-0.25, -0.2) is 0 Å². The third-order valence-corrected chi connectivity index (χ3v) is 9.14. The van der Waals surface area contributed by atoms with E-state index < -0.39 is 6.10 Å². The van der Waals surface area contributed by atoms with Gasteiger partial charge in [-0.1, -0.05) is 43.2 Å². The van der Waals surface area contributed by atoms with Crippen molar-refractivity contribution < 1.29 is 14.6 Å². The number of halogens is 1. The first-order valence-electron chi connectivity index (χ1n) is 12.1. The molecule has 0 aromatic heterocycles. The first-order valence-corrected chi connectivity index (χ1v) is 12.5. The number of piperazine rings is 1. The van der Waals surface area contributed by atoms with Gasteiger partial charge in [-0.2, -0.15) is 0 Å². The van der Waals surface area contributed by atoms with E-state index in [9.17, 15) is 9.90 Å². The van der Waals surface area contributed by atoms with Crippen molar-refractivity contribution in [3.05, 3.63) is 40.4 Å². The van der Waals surface area contributed by atoms with Crippen molar-refractivity contribution in [3.8, 4) is 0 Å². The van der Waals surface area contributed by atoms with Crippen molar-refractivity contribution in [2.45, 2.75) is 52.2 Å². The summed E-state index contributed by atoms with van der Waals surface area (Å²) < 4.78 is 5.85. The summed E-state index contributed by atoms with van der Waals surface area (Å²) in [5.41, 5.74) is 3.48. The molecule has 0 radical (unpaired) electrons. The molecule has 1 saturated carbocycles. The molecule has 4 aliphatic rings. The number of nitrogens with zero attached hydrogens (tertiary/aromatic N) is 2. The molecule has 0 amide bonds. The number of anilines is 1. The van der Waals surface area contributed by atoms with Crippen LogP contribution < -0.4 is 4.90 Å². The molecular formula is C26H35ClN2O3. The quantitative estimate of drug-likeness (QED) is 0.547. The maximum atomic E-state index is 12.9. The van der Waals surface area contributed by atoms with Gasteiger partial charge in [-0.3, -0.25) is 9.69 Å². The third-order valence-electron chi connectivity index (χ3n) is 8.91. The van der Waals surface area contributed by atoms with Gasteiger partial charge in [0.2, 0.25) is 0 Å². The lowest BCUT2D eigenvalue weighted by atomic mass is 9.55. The Labute approximate surface area is 196 Å². The van der Waals surface area contributed by atoms with Crippen molar-refractivity contribution in [1.82, 2.24) is 4.90 Å². The van der Waals surface area contributed by atoms with Gasteiger partial charge in [0.15, 0.2) is 0 Å². The van der Waals surface area contributed by atoms with Gasteiger partial charge < -0.3 is 14.7 Å². The maximum absolute atomic E-state index is 12.9. The van der Waals surface area contributed by atoms with Crippen LogP contribution in [0, 0.1) is 30.1 Å². The Hall–Kier alpha value is -1.56. The number of ether oxygens (including phenoxy) is 1. The van der Waals surface area contributed by atoms with E-state index in [1.54, 1.807) is 0 Å². The van der Waals surface area contributed by atoms with E-state index in [0.29, 0.717) is 12.5 Å². The second-order valence-electron chi connectivity index (χ2n) is 10.5. The van der Waals surface area contributed by atoms with Crippen LogP contribution in [0.15, 0.2) is 29.8 Å². The van der Waals surface area contributed by atoms with Crippen molar-refractivity contribution >= 4 is 23.3 Å². The number of hydrogen-bond acceptors (Lipinski definition) is 5. The highest BCUT2D eigenvalue weighted by Crippen LogP contribution is 2.56. The standard InChI is InChI=1S/C26H35ClN2O3/c1-16-7-8-19(27)14-21(16)29-11-9-28(10-12-29)15-20-23-22(32-25(20)31)13-18-6-4-5-17(2)26(18,3)24(23)30/h6-8,14,17,20,22-24,30H,4-5,9-13,15H2,1-3H3/t17-,20+,22+,23-,24-,26+/m0/s1. The van der Waals surface area contributed by atoms with Gasteiger partial charge in [-0.15, -0.1) is 0 Å². The number of aliphatic hydroxyl groups is 1. The van der Waals surface area contributed by atoms with E-state index in [1.807, 2.05) is 12.1 Å². The predicted octanol–water partition coefficient (Wildman–Crippen LogP) is 4.06. The summed E-state index contributed by atoms with van der Waals surface area (Å²) in [6, 6.07) is 6.04. The lowest BCUT2D eigenvalue weighted by Crippen LogP contribution is -2.55. The molecule has 2 saturated heterocycles. The van der Waals surface area contributed by atoms with Gasteiger partial charge in [0.25, 0.3) is 0 Å². The van der Waals surface area contributed by atoms with Crippen LogP contribution in [0.5, 0.6) is 0 Å². The van der Waals surface area contributed by atoms with Crippen LogP contribution >= 0.6 is 11.6 Å². The first kappa shape index (κ1) is 22.2. The molecule has 1 aromatic carbocycles. The number of carbonyl (C=O) groups excluding carboxylic acids is 1. The maximum Gasteiger partial charge on any atom is 0.311 e. The van der Waals surface area contributed by atoms with E-state index in [0.717, 1.165) is 50.5 Å². The number of hydrogen-bond donors (Lipinski definition) is 1. The third kappa shape index (κ3) is 3.57. The van der Waals surface area contributed by atoms with Crippen LogP contribution in [0.25, 0.3) is 0 Å². The summed E-state index contributed by atoms with van der Waals surface area (Å²) >= 11 is 6.23. The lowest BCUT2D eigenvalue weighted by Gasteiger charge is -2.52. The highest BCUT2D eigenvalue weighted by molar-refractivity contribution is 6.30. The van der Waals surface area contributed by atoms with Crippen molar-refractivity contribution in [2.75, 3.05) is 37.6 Å². The van der Waals surface area contributed by atoms with Crippen LogP contribution in [0.4, 0.5) is 5.69 Å². The van der Waals surface area contributed by atoms with Gasteiger partial charge in [0.1, 0.15) is 6.10 Å². The molecule has 0 bridgehead atoms. The molecule has 5 rings (SSSR count). The fourth-order valence-corrected chi connectivity index (χ4v) is 6.81. The Kier molecular flexibility index (Phi) is 5.80. The number of allylic oxidation sites excluding steroid dienone is 1. The fraction of sp³-hybridized carbons (Fsp3) is 0.654. The first-order chi connectivity index (χ1) is 15.3. The van der Waals surface area contributed by atoms with E-state index in [4.69, 9.17) is 16.3 Å². The van der Waals surface area contributed by atoms with Crippen LogP contribution in [0.2, 0.25) is 5.02 Å². The molecule has 1 aromatic rings. The molecular weight excluding hydrogens is 424 g/mol. The molecule has 3 fully saturated rings. The summed E-state index contributed by atoms with van der Waals surface area (Å²) in [4.78, 5) is 17.7. The minimum atomic E-state index is -0.533. The van der Waals surface area contributed by atoms with Crippen LogP contribution in [0.1, 0.15) is 38.7 Å². The largest absolute Gasteiger partial charge is 0.461 e. The average molecular weight is 459 g/mol. The number of esters is 1. The Bertz CT molecular complexity index is 926. The minimum Gasteiger partial charge on any atom is -0.461 e. The molecule has 6 atom stereocenters. The zero-order valence-electron chi connectivity index (χ0n) is 19.4. The van der Waals surface area contributed by atoms with E-state index in [2.05, 4.69) is 42.7 Å². The normalized spacial score (nSPS) is 37.5. The fourth-order valence-electron chi connectivity index (χ4n) is 6.65.